The first-order valence-corrected chi connectivity index (χ1v) is 17.6. The number of fused-ring (bicyclic) bond motifs is 1. The molecule has 1 aromatic heterocycles. The maximum absolute atomic E-state index is 14.0. The van der Waals surface area contributed by atoms with Gasteiger partial charge in [-0.15, -0.1) is 11.8 Å². The Morgan fingerprint density at radius 2 is 1.75 bits per heavy atom. The van der Waals surface area contributed by atoms with Crippen molar-refractivity contribution in [2.45, 2.75) is 74.1 Å². The summed E-state index contributed by atoms with van der Waals surface area (Å²) in [5.41, 5.74) is 7.54. The summed E-state index contributed by atoms with van der Waals surface area (Å²) < 4.78 is 4.08. The van der Waals surface area contributed by atoms with Crippen LogP contribution in [0.2, 0.25) is 0 Å². The Labute approximate surface area is 307 Å². The highest BCUT2D eigenvalue weighted by molar-refractivity contribution is 8.01. The van der Waals surface area contributed by atoms with Crippen molar-refractivity contribution in [1.29, 1.82) is 0 Å². The molecule has 3 aromatic rings. The van der Waals surface area contributed by atoms with Gasteiger partial charge in [-0.2, -0.15) is 0 Å². The second-order valence-corrected chi connectivity index (χ2v) is 15.4. The molecule has 2 unspecified atom stereocenters. The van der Waals surface area contributed by atoms with Crippen LogP contribution >= 0.6 is 11.8 Å². The number of aromatic amines is 1. The molecule has 2 aromatic carbocycles. The van der Waals surface area contributed by atoms with Crippen molar-refractivity contribution in [2.75, 3.05) is 11.4 Å². The number of rotatable bonds is 11. The minimum Gasteiger partial charge on any atom is -0.508 e. The number of nitrogens with one attached hydrogen (secondary N) is 2. The second-order valence-electron chi connectivity index (χ2n) is 13.6. The third-order valence-electron chi connectivity index (χ3n) is 9.72. The summed E-state index contributed by atoms with van der Waals surface area (Å²) in [6.45, 7) is 4.96. The molecule has 278 valence electrons. The van der Waals surface area contributed by atoms with E-state index in [0.717, 1.165) is 4.90 Å². The first-order valence-electron chi connectivity index (χ1n) is 16.7. The van der Waals surface area contributed by atoms with Crippen LogP contribution in [0, 0.1) is 0 Å². The number of imide groups is 1. The van der Waals surface area contributed by atoms with Gasteiger partial charge in [-0.1, -0.05) is 24.3 Å². The summed E-state index contributed by atoms with van der Waals surface area (Å²) in [5.74, 6) is -3.47. The number of amides is 4. The summed E-state index contributed by atoms with van der Waals surface area (Å²) in [6, 6.07) is 11.0. The number of aromatic hydroxyl groups is 1. The number of thioether (sulfide) groups is 1. The highest BCUT2D eigenvalue weighted by atomic mass is 32.2. The molecule has 0 saturated carbocycles. The van der Waals surface area contributed by atoms with Crippen LogP contribution in [0.15, 0.2) is 65.5 Å². The number of nitrogens with zero attached hydrogens (tertiary/aromatic N) is 3. The lowest BCUT2D eigenvalue weighted by molar-refractivity contribution is -0.169. The number of benzene rings is 2. The number of β-lactam (4-membered cyclic amide) rings is 1. The number of aromatic nitrogens is 1. The molecule has 0 bridgehead atoms. The van der Waals surface area contributed by atoms with Gasteiger partial charge in [0, 0.05) is 35.9 Å². The molecule has 4 amide bonds. The van der Waals surface area contributed by atoms with E-state index >= 15 is 0 Å². The van der Waals surface area contributed by atoms with E-state index in [1.807, 2.05) is 0 Å². The number of nitrogens with two attached hydrogens (primary N) is 1. The number of hydrogen-bond acceptors (Lipinski definition) is 12. The van der Waals surface area contributed by atoms with E-state index in [1.165, 1.54) is 58.8 Å². The number of phenols is 1. The second kappa shape index (κ2) is 14.5. The van der Waals surface area contributed by atoms with Crippen molar-refractivity contribution >= 4 is 53.5 Å². The van der Waals surface area contributed by atoms with Crippen LogP contribution in [-0.4, -0.2) is 102 Å². The van der Waals surface area contributed by atoms with Gasteiger partial charge in [0.05, 0.1) is 18.3 Å². The SMILES string of the molecule is CC(=O)N(C(=O)[C@@H]1CC(OC=O)CN1)c1ccc(-c2ccc(CN(C(=O)C(N)c3ccc(O)cc3)[C@@H]3C(=O)N4[C@@H]3SC(C)(C)[C@@H]4C(=O)O)c(=O)[nH]2)cc1. The summed E-state index contributed by atoms with van der Waals surface area (Å²) >= 11 is 1.25. The van der Waals surface area contributed by atoms with Crippen molar-refractivity contribution < 1.29 is 43.7 Å². The van der Waals surface area contributed by atoms with E-state index < -0.39 is 75.5 Å². The van der Waals surface area contributed by atoms with E-state index in [2.05, 4.69) is 10.3 Å². The minimum absolute atomic E-state index is 0.0349. The van der Waals surface area contributed by atoms with Crippen LogP contribution in [0.3, 0.4) is 0 Å². The number of carbonyl (C=O) groups excluding carboxylic acids is 5. The van der Waals surface area contributed by atoms with Gasteiger partial charge < -0.3 is 40.8 Å². The summed E-state index contributed by atoms with van der Waals surface area (Å²) in [5, 5.41) is 21.9. The molecule has 17 heteroatoms. The molecular formula is C36H38N6O10S. The van der Waals surface area contributed by atoms with Crippen LogP contribution in [0.4, 0.5) is 5.69 Å². The van der Waals surface area contributed by atoms with Crippen molar-refractivity contribution in [3.63, 3.8) is 0 Å². The van der Waals surface area contributed by atoms with Gasteiger partial charge in [-0.05, 0) is 61.4 Å². The van der Waals surface area contributed by atoms with Crippen molar-refractivity contribution in [1.82, 2.24) is 20.1 Å². The van der Waals surface area contributed by atoms with E-state index in [1.54, 1.807) is 44.2 Å². The minimum atomic E-state index is -1.26. The first-order chi connectivity index (χ1) is 25.1. The zero-order valence-electron chi connectivity index (χ0n) is 28.9. The van der Waals surface area contributed by atoms with Crippen molar-refractivity contribution in [2.24, 2.45) is 5.73 Å². The lowest BCUT2D eigenvalue weighted by Crippen LogP contribution is -2.71. The third kappa shape index (κ3) is 7.02. The van der Waals surface area contributed by atoms with Gasteiger partial charge in [0.15, 0.2) is 0 Å². The van der Waals surface area contributed by atoms with Gasteiger partial charge in [-0.25, -0.2) is 9.69 Å². The molecule has 6 rings (SSSR count). The zero-order valence-corrected chi connectivity index (χ0v) is 29.7. The lowest BCUT2D eigenvalue weighted by atomic mass is 9.94. The fourth-order valence-electron chi connectivity index (χ4n) is 7.06. The first kappa shape index (κ1) is 37.2. The number of H-pyrrole nitrogens is 1. The van der Waals surface area contributed by atoms with Gasteiger partial charge in [0.1, 0.15) is 35.4 Å². The molecule has 16 nitrogen and oxygen atoms in total. The molecule has 0 spiro atoms. The smallest absolute Gasteiger partial charge is 0.327 e. The van der Waals surface area contributed by atoms with Gasteiger partial charge >= 0.3 is 5.97 Å². The monoisotopic (exact) mass is 746 g/mol. The van der Waals surface area contributed by atoms with Crippen LogP contribution in [0.5, 0.6) is 5.75 Å². The molecule has 3 aliphatic rings. The number of carbonyl (C=O) groups is 6. The molecule has 0 aliphatic carbocycles. The number of hydrogen-bond donors (Lipinski definition) is 5. The zero-order chi connectivity index (χ0) is 38.4. The molecule has 4 heterocycles. The number of phenolic OH excluding ortho intramolecular Hbond substituents is 1. The van der Waals surface area contributed by atoms with Gasteiger partial charge in [0.25, 0.3) is 17.9 Å². The van der Waals surface area contributed by atoms with E-state index in [4.69, 9.17) is 10.5 Å². The van der Waals surface area contributed by atoms with E-state index in [-0.39, 0.29) is 30.8 Å². The van der Waals surface area contributed by atoms with Crippen LogP contribution in [-0.2, 0) is 40.0 Å². The van der Waals surface area contributed by atoms with Gasteiger partial charge in [0.2, 0.25) is 17.7 Å². The molecule has 53 heavy (non-hydrogen) atoms. The van der Waals surface area contributed by atoms with Crippen LogP contribution in [0.1, 0.15) is 44.4 Å². The number of pyridine rings is 1. The summed E-state index contributed by atoms with van der Waals surface area (Å²) in [7, 11) is 0. The predicted molar refractivity (Wildman–Crippen MR) is 191 cm³/mol. The summed E-state index contributed by atoms with van der Waals surface area (Å²) in [4.78, 5) is 96.1. The lowest BCUT2D eigenvalue weighted by Gasteiger charge is -2.48. The van der Waals surface area contributed by atoms with E-state index in [9.17, 15) is 43.8 Å². The Morgan fingerprint density at radius 3 is 2.36 bits per heavy atom. The van der Waals surface area contributed by atoms with Crippen molar-refractivity contribution in [3.8, 4) is 17.0 Å². The molecule has 6 atom stereocenters. The van der Waals surface area contributed by atoms with Crippen LogP contribution < -0.4 is 21.5 Å². The normalized spacial score (nSPS) is 23.4. The quantitative estimate of drug-likeness (QED) is 0.137. The Kier molecular flexibility index (Phi) is 10.2. The molecule has 0 radical (unpaired) electrons. The molecule has 3 aliphatic heterocycles. The molecule has 6 N–H and O–H groups in total. The maximum Gasteiger partial charge on any atom is 0.327 e. The van der Waals surface area contributed by atoms with Crippen LogP contribution in [0.25, 0.3) is 11.3 Å². The number of carboxylic acid groups (broad SMARTS) is 1. The molecule has 3 fully saturated rings. The van der Waals surface area contributed by atoms with E-state index in [0.29, 0.717) is 29.0 Å². The van der Waals surface area contributed by atoms with Crippen molar-refractivity contribution in [3.05, 3.63) is 82.1 Å². The average molecular weight is 747 g/mol. The molecule has 3 saturated heterocycles. The number of ether oxygens (including phenoxy) is 1. The fraction of sp³-hybridized carbons (Fsp3) is 0.361. The summed E-state index contributed by atoms with van der Waals surface area (Å²) in [6.07, 6.45) is -0.271. The average Bonchev–Trinajstić information content (AvgIpc) is 3.68. The number of carboxylic acids is 1. The predicted octanol–water partition coefficient (Wildman–Crippen LogP) is 1.07. The number of aliphatic carboxylic acids is 1. The Balaban J connectivity index is 1.25. The Hall–Kier alpha value is -5.52. The van der Waals surface area contributed by atoms with Gasteiger partial charge in [-0.3, -0.25) is 28.8 Å². The largest absolute Gasteiger partial charge is 0.508 e. The molecular weight excluding hydrogens is 708 g/mol. The number of anilines is 1. The maximum atomic E-state index is 14.0. The Morgan fingerprint density at radius 1 is 1.08 bits per heavy atom. The highest BCUT2D eigenvalue weighted by Crippen LogP contribution is 2.52. The topological polar surface area (TPSA) is 233 Å². The standard InChI is InChI=1S/C36H38N6O10S/c1-18(44)41(31(47)26-14-24(15-38-26)52-17-43)22-9-4-19(5-10-22)25-13-8-21(30(46)39-25)16-40(32(48)27(37)20-6-11-23(45)12-7-20)28-33(49)42-29(35(50)51)36(2,3)53-34(28)42/h4-13,17,24,26-29,34,38,45H,14-16,37H2,1-3H3,(H,39,46)(H,50,51)/t24?,26-,27?,28+,29-,34+/m0/s1. The third-order valence-corrected chi connectivity index (χ3v) is 11.3. The fourth-order valence-corrected chi connectivity index (χ4v) is 8.76. The Bertz CT molecular complexity index is 2020. The highest BCUT2D eigenvalue weighted by Gasteiger charge is 2.66.